The number of non-ortho nitro benzene ring substituents is 1. The maximum Gasteiger partial charge on any atom is 0.269 e. The lowest BCUT2D eigenvalue weighted by Gasteiger charge is -2.20. The van der Waals surface area contributed by atoms with Gasteiger partial charge in [-0.2, -0.15) is 0 Å². The molecule has 2 aromatic carbocycles. The fourth-order valence-electron chi connectivity index (χ4n) is 3.08. The van der Waals surface area contributed by atoms with Crippen LogP contribution in [0.15, 0.2) is 67.0 Å². The van der Waals surface area contributed by atoms with Gasteiger partial charge in [0.2, 0.25) is 0 Å². The van der Waals surface area contributed by atoms with Crippen LogP contribution in [0.2, 0.25) is 0 Å². The number of carbonyl (C=O) groups excluding carboxylic acids is 1. The van der Waals surface area contributed by atoms with Gasteiger partial charge in [-0.25, -0.2) is 4.98 Å². The van der Waals surface area contributed by atoms with Crippen LogP contribution in [0.25, 0.3) is 10.2 Å². The van der Waals surface area contributed by atoms with Crippen molar-refractivity contribution < 1.29 is 14.5 Å². The summed E-state index contributed by atoms with van der Waals surface area (Å²) >= 11 is 1.38. The normalized spacial score (nSPS) is 10.7. The minimum Gasteiger partial charge on any atom is -0.492 e. The molecule has 0 saturated heterocycles. The number of hydrogen-bond donors (Lipinski definition) is 0. The Bertz CT molecular complexity index is 1230. The van der Waals surface area contributed by atoms with Gasteiger partial charge in [-0.15, -0.1) is 0 Å². The second-order valence-electron chi connectivity index (χ2n) is 6.59. The van der Waals surface area contributed by atoms with Crippen molar-refractivity contribution in [2.45, 2.75) is 13.5 Å². The zero-order valence-corrected chi connectivity index (χ0v) is 17.4. The highest BCUT2D eigenvalue weighted by Gasteiger charge is 2.23. The lowest BCUT2D eigenvalue weighted by Crippen LogP contribution is -2.30. The van der Waals surface area contributed by atoms with Gasteiger partial charge in [0.15, 0.2) is 5.13 Å². The zero-order valence-electron chi connectivity index (χ0n) is 16.6. The molecule has 4 rings (SSSR count). The largest absolute Gasteiger partial charge is 0.492 e. The van der Waals surface area contributed by atoms with Crippen LogP contribution in [0.5, 0.6) is 5.75 Å². The summed E-state index contributed by atoms with van der Waals surface area (Å²) in [7, 11) is 0. The number of fused-ring (bicyclic) bond motifs is 1. The molecular weight excluding hydrogens is 416 g/mol. The van der Waals surface area contributed by atoms with Gasteiger partial charge in [-0.1, -0.05) is 23.5 Å². The summed E-state index contributed by atoms with van der Waals surface area (Å²) in [5.74, 6) is 0.349. The molecule has 0 aliphatic rings. The van der Waals surface area contributed by atoms with Crippen molar-refractivity contribution in [2.75, 3.05) is 11.5 Å². The van der Waals surface area contributed by atoms with Crippen LogP contribution in [0, 0.1) is 10.1 Å². The highest BCUT2D eigenvalue weighted by Crippen LogP contribution is 2.35. The third-order valence-corrected chi connectivity index (χ3v) is 5.58. The van der Waals surface area contributed by atoms with Crippen molar-refractivity contribution in [1.29, 1.82) is 0 Å². The number of hydrogen-bond acceptors (Lipinski definition) is 7. The first kappa shape index (κ1) is 20.4. The first-order valence-electron chi connectivity index (χ1n) is 9.54. The number of nitro groups is 1. The fourth-order valence-corrected chi connectivity index (χ4v) is 4.06. The summed E-state index contributed by atoms with van der Waals surface area (Å²) in [4.78, 5) is 34.2. The van der Waals surface area contributed by atoms with Gasteiger partial charge in [0.25, 0.3) is 11.6 Å². The number of aromatic nitrogens is 2. The number of amides is 1. The summed E-state index contributed by atoms with van der Waals surface area (Å²) in [6.07, 6.45) is 3.35. The lowest BCUT2D eigenvalue weighted by molar-refractivity contribution is -0.384. The number of rotatable bonds is 7. The quantitative estimate of drug-likeness (QED) is 0.305. The number of ether oxygens (including phenoxy) is 1. The molecule has 31 heavy (non-hydrogen) atoms. The Morgan fingerprint density at radius 1 is 1.16 bits per heavy atom. The van der Waals surface area contributed by atoms with E-state index in [1.165, 1.54) is 35.6 Å². The van der Waals surface area contributed by atoms with E-state index in [0.717, 1.165) is 10.3 Å². The minimum absolute atomic E-state index is 0.0725. The van der Waals surface area contributed by atoms with Gasteiger partial charge >= 0.3 is 0 Å². The Labute approximate surface area is 181 Å². The number of carbonyl (C=O) groups is 1. The summed E-state index contributed by atoms with van der Waals surface area (Å²) in [6, 6.07) is 14.9. The molecule has 0 aliphatic heterocycles. The van der Waals surface area contributed by atoms with Gasteiger partial charge < -0.3 is 4.74 Å². The van der Waals surface area contributed by atoms with Crippen LogP contribution in [0.3, 0.4) is 0 Å². The molecule has 1 amide bonds. The van der Waals surface area contributed by atoms with Crippen LogP contribution in [-0.2, 0) is 6.54 Å². The van der Waals surface area contributed by atoms with E-state index in [2.05, 4.69) is 4.98 Å². The van der Waals surface area contributed by atoms with Crippen LogP contribution in [0.4, 0.5) is 10.8 Å². The van der Waals surface area contributed by atoms with Crippen molar-refractivity contribution in [1.82, 2.24) is 9.97 Å². The van der Waals surface area contributed by atoms with Crippen molar-refractivity contribution in [3.63, 3.8) is 0 Å². The molecule has 0 aliphatic carbocycles. The van der Waals surface area contributed by atoms with Crippen LogP contribution >= 0.6 is 11.3 Å². The Balaban J connectivity index is 1.75. The predicted octanol–water partition coefficient (Wildman–Crippen LogP) is 4.85. The standard InChI is InChI=1S/C22H18N4O4S/c1-2-30-18-6-3-7-19-20(18)24-22(31-19)25(14-15-5-4-12-23-13-15)21(27)16-8-10-17(11-9-16)26(28)29/h3-13H,2,14H2,1H3. The molecule has 8 nitrogen and oxygen atoms in total. The molecule has 0 bridgehead atoms. The smallest absolute Gasteiger partial charge is 0.269 e. The number of thiazole rings is 1. The zero-order chi connectivity index (χ0) is 21.8. The third-order valence-electron chi connectivity index (χ3n) is 4.54. The number of para-hydroxylation sites is 1. The molecule has 2 heterocycles. The summed E-state index contributed by atoms with van der Waals surface area (Å²) in [5, 5.41) is 11.5. The Hall–Kier alpha value is -3.85. The number of nitro benzene ring substituents is 1. The maximum atomic E-state index is 13.4. The fraction of sp³-hybridized carbons (Fsp3) is 0.136. The van der Waals surface area contributed by atoms with E-state index >= 15 is 0 Å². The van der Waals surface area contributed by atoms with Crippen LogP contribution < -0.4 is 9.64 Å². The molecule has 0 saturated carbocycles. The number of benzene rings is 2. The van der Waals surface area contributed by atoms with E-state index in [4.69, 9.17) is 9.72 Å². The SMILES string of the molecule is CCOc1cccc2sc(N(Cc3cccnc3)C(=O)c3ccc([N+](=O)[O-])cc3)nc12. The number of nitrogens with zero attached hydrogens (tertiary/aromatic N) is 4. The third kappa shape index (κ3) is 4.36. The van der Waals surface area contributed by atoms with E-state index in [1.54, 1.807) is 23.4 Å². The highest BCUT2D eigenvalue weighted by molar-refractivity contribution is 7.22. The van der Waals surface area contributed by atoms with Gasteiger partial charge in [-0.3, -0.25) is 24.8 Å². The second-order valence-corrected chi connectivity index (χ2v) is 7.60. The molecule has 156 valence electrons. The van der Waals surface area contributed by atoms with Gasteiger partial charge in [-0.05, 0) is 42.8 Å². The average Bonchev–Trinajstić information content (AvgIpc) is 3.23. The molecular formula is C22H18N4O4S. The summed E-state index contributed by atoms with van der Waals surface area (Å²) < 4.78 is 6.57. The van der Waals surface area contributed by atoms with Crippen molar-refractivity contribution in [3.8, 4) is 5.75 Å². The molecule has 0 unspecified atom stereocenters. The molecule has 0 radical (unpaired) electrons. The average molecular weight is 434 g/mol. The predicted molar refractivity (Wildman–Crippen MR) is 119 cm³/mol. The molecule has 9 heteroatoms. The summed E-state index contributed by atoms with van der Waals surface area (Å²) in [6.45, 7) is 2.67. The van der Waals surface area contributed by atoms with E-state index in [1.807, 2.05) is 31.2 Å². The topological polar surface area (TPSA) is 98.5 Å². The monoisotopic (exact) mass is 434 g/mol. The Morgan fingerprint density at radius 3 is 2.65 bits per heavy atom. The second kappa shape index (κ2) is 8.88. The maximum absolute atomic E-state index is 13.4. The highest BCUT2D eigenvalue weighted by atomic mass is 32.1. The molecule has 0 N–H and O–H groups in total. The first-order chi connectivity index (χ1) is 15.1. The molecule has 0 fully saturated rings. The lowest BCUT2D eigenvalue weighted by atomic mass is 10.1. The molecule has 2 aromatic heterocycles. The first-order valence-corrected chi connectivity index (χ1v) is 10.4. The Morgan fingerprint density at radius 2 is 1.97 bits per heavy atom. The van der Waals surface area contributed by atoms with Gasteiger partial charge in [0.1, 0.15) is 11.3 Å². The van der Waals surface area contributed by atoms with Crippen LogP contribution in [0.1, 0.15) is 22.8 Å². The minimum atomic E-state index is -0.496. The van der Waals surface area contributed by atoms with Crippen molar-refractivity contribution >= 4 is 38.3 Å². The Kier molecular flexibility index (Phi) is 5.85. The van der Waals surface area contributed by atoms with Gasteiger partial charge in [0.05, 0.1) is 22.8 Å². The van der Waals surface area contributed by atoms with Crippen molar-refractivity contribution in [2.24, 2.45) is 0 Å². The van der Waals surface area contributed by atoms with E-state index in [-0.39, 0.29) is 18.1 Å². The van der Waals surface area contributed by atoms with Crippen molar-refractivity contribution in [3.05, 3.63) is 88.2 Å². The van der Waals surface area contributed by atoms with Gasteiger partial charge in [0, 0.05) is 30.1 Å². The van der Waals surface area contributed by atoms with Crippen LogP contribution in [-0.4, -0.2) is 27.4 Å². The number of pyridine rings is 1. The van der Waals surface area contributed by atoms with E-state index in [0.29, 0.717) is 28.6 Å². The molecule has 0 atom stereocenters. The van der Waals surface area contributed by atoms with E-state index < -0.39 is 4.92 Å². The van der Waals surface area contributed by atoms with E-state index in [9.17, 15) is 14.9 Å². The molecule has 4 aromatic rings. The number of anilines is 1. The molecule has 0 spiro atoms. The summed E-state index contributed by atoms with van der Waals surface area (Å²) in [5.41, 5.74) is 1.79.